The maximum atomic E-state index is 11.6. The fraction of sp³-hybridized carbons (Fsp3) is 0.333. The lowest BCUT2D eigenvalue weighted by Crippen LogP contribution is -2.30. The smallest absolute Gasteiger partial charge is 0.233 e. The highest BCUT2D eigenvalue weighted by atomic mass is 32.2. The third-order valence-electron chi connectivity index (χ3n) is 2.27. The molecule has 1 aromatic heterocycles. The molecule has 5 heteroatoms. The van der Waals surface area contributed by atoms with Crippen LogP contribution in [0.4, 0.5) is 0 Å². The highest BCUT2D eigenvalue weighted by molar-refractivity contribution is 8.02. The van der Waals surface area contributed by atoms with Crippen LogP contribution in [0.1, 0.15) is 13.8 Å². The van der Waals surface area contributed by atoms with Crippen LogP contribution >= 0.6 is 23.1 Å². The predicted molar refractivity (Wildman–Crippen MR) is 73.6 cm³/mol. The average molecular weight is 266 g/mol. The molecule has 0 saturated carbocycles. The number of benzene rings is 1. The maximum absolute atomic E-state index is 11.6. The summed E-state index contributed by atoms with van der Waals surface area (Å²) in [6.07, 6.45) is 0. The third kappa shape index (κ3) is 2.98. The summed E-state index contributed by atoms with van der Waals surface area (Å²) in [5.41, 5.74) is 1.00. The molecule has 0 aliphatic carbocycles. The Balaban J connectivity index is 2.10. The van der Waals surface area contributed by atoms with Gasteiger partial charge in [0, 0.05) is 6.54 Å². The Kier molecular flexibility index (Phi) is 4.02. The zero-order chi connectivity index (χ0) is 12.3. The van der Waals surface area contributed by atoms with Gasteiger partial charge in [-0.2, -0.15) is 0 Å². The number of carbonyl (C=O) groups is 1. The van der Waals surface area contributed by atoms with Crippen molar-refractivity contribution in [1.82, 2.24) is 10.3 Å². The van der Waals surface area contributed by atoms with Crippen molar-refractivity contribution in [2.24, 2.45) is 0 Å². The van der Waals surface area contributed by atoms with Crippen molar-refractivity contribution >= 4 is 39.2 Å². The van der Waals surface area contributed by atoms with Crippen LogP contribution in [0.3, 0.4) is 0 Å². The highest BCUT2D eigenvalue weighted by Crippen LogP contribution is 2.31. The average Bonchev–Trinajstić information content (AvgIpc) is 2.71. The molecule has 1 amide bonds. The zero-order valence-electron chi connectivity index (χ0n) is 9.77. The molecule has 1 atom stereocenters. The fourth-order valence-corrected chi connectivity index (χ4v) is 3.66. The van der Waals surface area contributed by atoms with Gasteiger partial charge >= 0.3 is 0 Å². The van der Waals surface area contributed by atoms with E-state index in [0.29, 0.717) is 6.54 Å². The van der Waals surface area contributed by atoms with Gasteiger partial charge in [0.05, 0.1) is 15.5 Å². The van der Waals surface area contributed by atoms with E-state index < -0.39 is 0 Å². The van der Waals surface area contributed by atoms with Crippen LogP contribution in [-0.2, 0) is 4.79 Å². The number of rotatable bonds is 4. The SMILES string of the molecule is CCNC(=O)[C@H](C)Sc1nc2ccccc2s1. The lowest BCUT2D eigenvalue weighted by molar-refractivity contribution is -0.120. The van der Waals surface area contributed by atoms with Crippen LogP contribution in [0.15, 0.2) is 28.6 Å². The first kappa shape index (κ1) is 12.4. The second kappa shape index (κ2) is 5.51. The molecule has 1 N–H and O–H groups in total. The van der Waals surface area contributed by atoms with Crippen LogP contribution in [0.5, 0.6) is 0 Å². The van der Waals surface area contributed by atoms with Crippen molar-refractivity contribution in [3.63, 3.8) is 0 Å². The molecule has 1 aromatic carbocycles. The number of nitrogens with one attached hydrogen (secondary N) is 1. The Hall–Kier alpha value is -1.07. The molecule has 0 saturated heterocycles. The molecule has 2 rings (SSSR count). The summed E-state index contributed by atoms with van der Waals surface area (Å²) in [5.74, 6) is 0.0664. The molecule has 0 bridgehead atoms. The first-order valence-electron chi connectivity index (χ1n) is 5.50. The molecule has 0 aliphatic heterocycles. The molecule has 17 heavy (non-hydrogen) atoms. The van der Waals surface area contributed by atoms with Gasteiger partial charge in [-0.3, -0.25) is 4.79 Å². The van der Waals surface area contributed by atoms with Gasteiger partial charge in [-0.25, -0.2) is 4.98 Å². The maximum Gasteiger partial charge on any atom is 0.233 e. The van der Waals surface area contributed by atoms with Crippen molar-refractivity contribution in [3.05, 3.63) is 24.3 Å². The Morgan fingerprint density at radius 1 is 1.53 bits per heavy atom. The summed E-state index contributed by atoms with van der Waals surface area (Å²) in [5, 5.41) is 2.72. The topological polar surface area (TPSA) is 42.0 Å². The molecule has 0 radical (unpaired) electrons. The number of aromatic nitrogens is 1. The standard InChI is InChI=1S/C12H14N2OS2/c1-3-13-11(15)8(2)16-12-14-9-6-4-5-7-10(9)17-12/h4-8H,3H2,1-2H3,(H,13,15)/t8-/m0/s1. The van der Waals surface area contributed by atoms with E-state index in [-0.39, 0.29) is 11.2 Å². The van der Waals surface area contributed by atoms with Crippen LogP contribution in [0.25, 0.3) is 10.2 Å². The minimum atomic E-state index is -0.101. The summed E-state index contributed by atoms with van der Waals surface area (Å²) in [7, 11) is 0. The van der Waals surface area contributed by atoms with E-state index in [0.717, 1.165) is 14.6 Å². The van der Waals surface area contributed by atoms with Crippen molar-refractivity contribution in [2.75, 3.05) is 6.54 Å². The van der Waals surface area contributed by atoms with Crippen LogP contribution in [-0.4, -0.2) is 22.7 Å². The van der Waals surface area contributed by atoms with E-state index in [9.17, 15) is 4.79 Å². The first-order valence-corrected chi connectivity index (χ1v) is 7.20. The molecule has 90 valence electrons. The van der Waals surface area contributed by atoms with Gasteiger partial charge in [0.25, 0.3) is 0 Å². The van der Waals surface area contributed by atoms with E-state index in [2.05, 4.69) is 10.3 Å². The van der Waals surface area contributed by atoms with Crippen molar-refractivity contribution in [2.45, 2.75) is 23.4 Å². The predicted octanol–water partition coefficient (Wildman–Crippen LogP) is 2.91. The van der Waals surface area contributed by atoms with E-state index in [1.165, 1.54) is 11.8 Å². The molecular formula is C12H14N2OS2. The summed E-state index contributed by atoms with van der Waals surface area (Å²) < 4.78 is 2.11. The zero-order valence-corrected chi connectivity index (χ0v) is 11.4. The molecule has 2 aromatic rings. The number of fused-ring (bicyclic) bond motifs is 1. The number of amides is 1. The Morgan fingerprint density at radius 3 is 3.00 bits per heavy atom. The number of hydrogen-bond donors (Lipinski definition) is 1. The lowest BCUT2D eigenvalue weighted by Gasteiger charge is -2.07. The minimum absolute atomic E-state index is 0.0664. The Morgan fingerprint density at radius 2 is 2.29 bits per heavy atom. The highest BCUT2D eigenvalue weighted by Gasteiger charge is 2.15. The molecule has 0 unspecified atom stereocenters. The first-order chi connectivity index (χ1) is 8.20. The summed E-state index contributed by atoms with van der Waals surface area (Å²) >= 11 is 3.15. The van der Waals surface area contributed by atoms with Gasteiger partial charge in [0.2, 0.25) is 5.91 Å². The van der Waals surface area contributed by atoms with Gasteiger partial charge in [-0.15, -0.1) is 11.3 Å². The van der Waals surface area contributed by atoms with Gasteiger partial charge in [0.1, 0.15) is 0 Å². The van der Waals surface area contributed by atoms with Gasteiger partial charge in [-0.1, -0.05) is 23.9 Å². The van der Waals surface area contributed by atoms with Crippen LogP contribution < -0.4 is 5.32 Å². The second-order valence-electron chi connectivity index (χ2n) is 3.60. The lowest BCUT2D eigenvalue weighted by atomic mass is 10.3. The Bertz CT molecular complexity index is 491. The number of carbonyl (C=O) groups excluding carboxylic acids is 1. The van der Waals surface area contributed by atoms with Crippen molar-refractivity contribution < 1.29 is 4.79 Å². The van der Waals surface area contributed by atoms with Crippen molar-refractivity contribution in [3.8, 4) is 0 Å². The molecule has 0 aliphatic rings. The summed E-state index contributed by atoms with van der Waals surface area (Å²) in [4.78, 5) is 16.1. The number of hydrogen-bond acceptors (Lipinski definition) is 4. The Labute approximate surface area is 109 Å². The molecule has 0 spiro atoms. The second-order valence-corrected chi connectivity index (χ2v) is 6.22. The number of para-hydroxylation sites is 1. The van der Waals surface area contributed by atoms with E-state index in [1.807, 2.05) is 38.1 Å². The monoisotopic (exact) mass is 266 g/mol. The van der Waals surface area contributed by atoms with Crippen molar-refractivity contribution in [1.29, 1.82) is 0 Å². The number of thioether (sulfide) groups is 1. The van der Waals surface area contributed by atoms with Gasteiger partial charge in [-0.05, 0) is 26.0 Å². The third-order valence-corrected chi connectivity index (χ3v) is 4.50. The van der Waals surface area contributed by atoms with Crippen LogP contribution in [0.2, 0.25) is 0 Å². The largest absolute Gasteiger partial charge is 0.355 e. The van der Waals surface area contributed by atoms with Gasteiger partial charge < -0.3 is 5.32 Å². The summed E-state index contributed by atoms with van der Waals surface area (Å²) in [6.45, 7) is 4.50. The molecule has 0 fully saturated rings. The molecule has 1 heterocycles. The molecule has 3 nitrogen and oxygen atoms in total. The molecular weight excluding hydrogens is 252 g/mol. The normalized spacial score (nSPS) is 12.6. The number of thiazole rings is 1. The van der Waals surface area contributed by atoms with Crippen LogP contribution in [0, 0.1) is 0 Å². The van der Waals surface area contributed by atoms with E-state index in [1.54, 1.807) is 11.3 Å². The van der Waals surface area contributed by atoms with Gasteiger partial charge in [0.15, 0.2) is 4.34 Å². The minimum Gasteiger partial charge on any atom is -0.355 e. The van der Waals surface area contributed by atoms with E-state index in [4.69, 9.17) is 0 Å². The van der Waals surface area contributed by atoms with E-state index >= 15 is 0 Å². The fourth-order valence-electron chi connectivity index (χ4n) is 1.42. The summed E-state index contributed by atoms with van der Waals surface area (Å²) in [6, 6.07) is 8.02. The number of nitrogens with zero attached hydrogens (tertiary/aromatic N) is 1. The quantitative estimate of drug-likeness (QED) is 0.865.